The number of anilines is 1. The number of hydrogen-bond donors (Lipinski definition) is 2. The van der Waals surface area contributed by atoms with Crippen molar-refractivity contribution in [3.05, 3.63) is 47.5 Å². The molecule has 2 aromatic carbocycles. The Kier molecular flexibility index (Phi) is 5.44. The molecular weight excluding hydrogens is 429 g/mol. The summed E-state index contributed by atoms with van der Waals surface area (Å²) in [6.07, 6.45) is -3.71. The van der Waals surface area contributed by atoms with E-state index in [1.807, 2.05) is 12.1 Å². The Morgan fingerprint density at radius 1 is 1.28 bits per heavy atom. The molecule has 0 radical (unpaired) electrons. The lowest BCUT2D eigenvalue weighted by molar-refractivity contribution is -0.274. The van der Waals surface area contributed by atoms with Crippen LogP contribution in [0.3, 0.4) is 0 Å². The molecule has 1 aliphatic heterocycles. The minimum absolute atomic E-state index is 0.0120. The predicted octanol–water partition coefficient (Wildman–Crippen LogP) is 4.38. The van der Waals surface area contributed by atoms with Gasteiger partial charge >= 0.3 is 12.3 Å². The molecule has 1 atom stereocenters. The second kappa shape index (κ2) is 8.22. The Bertz CT molecular complexity index is 1220. The second-order valence-electron chi connectivity index (χ2n) is 7.18. The van der Waals surface area contributed by atoms with Crippen molar-refractivity contribution in [3.8, 4) is 34.7 Å². The summed E-state index contributed by atoms with van der Waals surface area (Å²) in [6, 6.07) is 10.6. The highest BCUT2D eigenvalue weighted by molar-refractivity contribution is 5.69. The second-order valence-corrected chi connectivity index (χ2v) is 7.18. The monoisotopic (exact) mass is 444 g/mol. The topological polar surface area (TPSA) is 121 Å². The van der Waals surface area contributed by atoms with E-state index in [-0.39, 0.29) is 35.3 Å². The molecule has 0 bridgehead atoms. The number of alkyl halides is 3. The maximum absolute atomic E-state index is 12.6. The highest BCUT2D eigenvalue weighted by atomic mass is 19.4. The van der Waals surface area contributed by atoms with Gasteiger partial charge in [0, 0.05) is 29.3 Å². The van der Waals surface area contributed by atoms with Gasteiger partial charge in [0.05, 0.1) is 11.6 Å². The maximum atomic E-state index is 12.6. The van der Waals surface area contributed by atoms with Crippen LogP contribution in [0.4, 0.5) is 18.9 Å². The molecule has 8 nitrogen and oxygen atoms in total. The molecule has 0 amide bonds. The van der Waals surface area contributed by atoms with Crippen LogP contribution in [-0.2, 0) is 11.2 Å². The van der Waals surface area contributed by atoms with Crippen LogP contribution >= 0.6 is 0 Å². The minimum atomic E-state index is -4.91. The van der Waals surface area contributed by atoms with Crippen molar-refractivity contribution in [2.24, 2.45) is 0 Å². The van der Waals surface area contributed by atoms with Crippen LogP contribution in [0.25, 0.3) is 22.8 Å². The highest BCUT2D eigenvalue weighted by Gasteiger charge is 2.31. The number of nitrogens with one attached hydrogen (secondary N) is 1. The zero-order valence-corrected chi connectivity index (χ0v) is 16.3. The van der Waals surface area contributed by atoms with E-state index in [9.17, 15) is 18.0 Å². The van der Waals surface area contributed by atoms with E-state index in [1.54, 1.807) is 12.1 Å². The van der Waals surface area contributed by atoms with Crippen molar-refractivity contribution in [1.29, 1.82) is 5.26 Å². The Morgan fingerprint density at radius 3 is 2.81 bits per heavy atom. The third-order valence-electron chi connectivity index (χ3n) is 4.84. The summed E-state index contributed by atoms with van der Waals surface area (Å²) < 4.78 is 46.8. The third-order valence-corrected chi connectivity index (χ3v) is 4.84. The molecule has 1 aliphatic rings. The minimum Gasteiger partial charge on any atom is -0.481 e. The number of fused-ring (bicyclic) bond motifs is 1. The molecule has 11 heteroatoms. The van der Waals surface area contributed by atoms with Crippen LogP contribution in [0.15, 0.2) is 40.9 Å². The molecule has 2 N–H and O–H groups in total. The number of carboxylic acids is 1. The van der Waals surface area contributed by atoms with E-state index in [4.69, 9.17) is 14.9 Å². The maximum Gasteiger partial charge on any atom is 0.573 e. The van der Waals surface area contributed by atoms with Crippen molar-refractivity contribution in [2.75, 3.05) is 5.32 Å². The summed E-state index contributed by atoms with van der Waals surface area (Å²) in [5.41, 5.74) is 2.54. The molecule has 3 aromatic rings. The molecule has 0 spiro atoms. The average molecular weight is 444 g/mol. The van der Waals surface area contributed by atoms with Crippen molar-refractivity contribution < 1.29 is 32.3 Å². The number of carboxylic acid groups (broad SMARTS) is 1. The molecule has 0 unspecified atom stereocenters. The summed E-state index contributed by atoms with van der Waals surface area (Å²) in [4.78, 5) is 15.0. The quantitative estimate of drug-likeness (QED) is 0.575. The lowest BCUT2D eigenvalue weighted by Crippen LogP contribution is -2.17. The third kappa shape index (κ3) is 4.80. The fourth-order valence-corrected chi connectivity index (χ4v) is 3.49. The molecule has 0 saturated carbocycles. The zero-order valence-electron chi connectivity index (χ0n) is 16.3. The summed E-state index contributed by atoms with van der Waals surface area (Å²) in [5.74, 6) is -1.27. The van der Waals surface area contributed by atoms with E-state index in [0.717, 1.165) is 23.4 Å². The summed E-state index contributed by atoms with van der Waals surface area (Å²) in [7, 11) is 0. The largest absolute Gasteiger partial charge is 0.573 e. The smallest absolute Gasteiger partial charge is 0.481 e. The molecule has 1 aromatic heterocycles. The fraction of sp³-hybridized carbons (Fsp3) is 0.238. The molecule has 0 saturated heterocycles. The fourth-order valence-electron chi connectivity index (χ4n) is 3.49. The zero-order chi connectivity index (χ0) is 22.9. The Hall–Kier alpha value is -4.07. The lowest BCUT2D eigenvalue weighted by atomic mass is 10.0. The average Bonchev–Trinajstić information content (AvgIpc) is 3.37. The Labute approximate surface area is 179 Å². The lowest BCUT2D eigenvalue weighted by Gasteiger charge is -2.09. The van der Waals surface area contributed by atoms with Crippen LogP contribution in [0.1, 0.15) is 24.0 Å². The van der Waals surface area contributed by atoms with Crippen LogP contribution in [-0.4, -0.2) is 33.6 Å². The first-order chi connectivity index (χ1) is 15.2. The van der Waals surface area contributed by atoms with Crippen LogP contribution in [0, 0.1) is 11.3 Å². The van der Waals surface area contributed by atoms with Crippen LogP contribution < -0.4 is 10.1 Å². The van der Waals surface area contributed by atoms with E-state index in [0.29, 0.717) is 18.4 Å². The molecule has 2 heterocycles. The number of halogens is 3. The van der Waals surface area contributed by atoms with Gasteiger partial charge in [-0.1, -0.05) is 5.16 Å². The van der Waals surface area contributed by atoms with Gasteiger partial charge < -0.3 is 19.7 Å². The van der Waals surface area contributed by atoms with E-state index < -0.39 is 18.1 Å². The highest BCUT2D eigenvalue weighted by Crippen LogP contribution is 2.33. The van der Waals surface area contributed by atoms with Crippen LogP contribution in [0.2, 0.25) is 0 Å². The number of benzene rings is 2. The number of rotatable bonds is 6. The van der Waals surface area contributed by atoms with Crippen molar-refractivity contribution in [2.45, 2.75) is 31.7 Å². The Morgan fingerprint density at radius 2 is 2.09 bits per heavy atom. The molecule has 164 valence electrons. The molecule has 0 fully saturated rings. The van der Waals surface area contributed by atoms with Gasteiger partial charge in [0.15, 0.2) is 0 Å². The SMILES string of the molecule is N#Cc1cc(OC(F)(F)F)cc(-c2nc(-c3ccc4c(c3)C[C@H](CCC(=O)O)N4)no2)c1. The first-order valence-electron chi connectivity index (χ1n) is 9.47. The molecule has 0 aliphatic carbocycles. The predicted molar refractivity (Wildman–Crippen MR) is 105 cm³/mol. The van der Waals surface area contributed by atoms with Gasteiger partial charge in [0.1, 0.15) is 5.75 Å². The first-order valence-corrected chi connectivity index (χ1v) is 9.47. The normalized spacial score (nSPS) is 15.0. The Balaban J connectivity index is 1.57. The molecule has 32 heavy (non-hydrogen) atoms. The van der Waals surface area contributed by atoms with Crippen molar-refractivity contribution >= 4 is 11.7 Å². The summed E-state index contributed by atoms with van der Waals surface area (Å²) in [5, 5.41) is 25.1. The van der Waals surface area contributed by atoms with E-state index in [2.05, 4.69) is 20.2 Å². The van der Waals surface area contributed by atoms with Gasteiger partial charge in [-0.05, 0) is 54.8 Å². The van der Waals surface area contributed by atoms with Gasteiger partial charge in [-0.15, -0.1) is 13.2 Å². The number of nitriles is 1. The summed E-state index contributed by atoms with van der Waals surface area (Å²) >= 11 is 0. The van der Waals surface area contributed by atoms with Gasteiger partial charge in [-0.2, -0.15) is 10.2 Å². The molecule has 4 rings (SSSR count). The van der Waals surface area contributed by atoms with Gasteiger partial charge in [-0.3, -0.25) is 4.79 Å². The first kappa shape index (κ1) is 21.2. The number of ether oxygens (including phenoxy) is 1. The number of nitrogens with zero attached hydrogens (tertiary/aromatic N) is 3. The van der Waals surface area contributed by atoms with E-state index >= 15 is 0 Å². The standard InChI is InChI=1S/C21H15F3N4O4/c22-21(23,24)31-16-6-11(10-25)5-14(9-16)20-27-19(28-32-20)12-1-3-17-13(7-12)8-15(26-17)2-4-18(29)30/h1,3,5-7,9,15,26H,2,4,8H2,(H,29,30)/t15-/m0/s1. The number of hydrogen-bond acceptors (Lipinski definition) is 7. The van der Waals surface area contributed by atoms with Crippen molar-refractivity contribution in [3.63, 3.8) is 0 Å². The van der Waals surface area contributed by atoms with Gasteiger partial charge in [0.2, 0.25) is 5.82 Å². The number of carbonyl (C=O) groups is 1. The van der Waals surface area contributed by atoms with Crippen LogP contribution in [0.5, 0.6) is 5.75 Å². The van der Waals surface area contributed by atoms with Gasteiger partial charge in [0.25, 0.3) is 5.89 Å². The van der Waals surface area contributed by atoms with Gasteiger partial charge in [-0.25, -0.2) is 0 Å². The van der Waals surface area contributed by atoms with Crippen molar-refractivity contribution in [1.82, 2.24) is 10.1 Å². The number of aliphatic carboxylic acids is 1. The number of aromatic nitrogens is 2. The summed E-state index contributed by atoms with van der Waals surface area (Å²) in [6.45, 7) is 0. The molecular formula is C21H15F3N4O4. The van der Waals surface area contributed by atoms with E-state index in [1.165, 1.54) is 6.07 Å².